The Morgan fingerprint density at radius 3 is 2.90 bits per heavy atom. The molecule has 2 rings (SSSR count). The number of rotatable bonds is 9. The molecule has 0 spiro atoms. The van der Waals surface area contributed by atoms with Gasteiger partial charge in [0.1, 0.15) is 11.3 Å². The molecule has 116 valence electrons. The molecule has 1 aromatic heterocycles. The molecule has 0 radical (unpaired) electrons. The molecule has 0 atom stereocenters. The Balaban J connectivity index is 2.06. The Morgan fingerprint density at radius 1 is 1.29 bits per heavy atom. The molecule has 1 heterocycles. The van der Waals surface area contributed by atoms with Crippen molar-refractivity contribution >= 4 is 22.6 Å². The van der Waals surface area contributed by atoms with Gasteiger partial charge in [-0.3, -0.25) is 0 Å². The van der Waals surface area contributed by atoms with Gasteiger partial charge in [-0.05, 0) is 18.6 Å². The average Bonchev–Trinajstić information content (AvgIpc) is 2.83. The first-order valence-electron chi connectivity index (χ1n) is 7.04. The van der Waals surface area contributed by atoms with Crippen LogP contribution in [-0.4, -0.2) is 42.4 Å². The first-order chi connectivity index (χ1) is 10.3. The molecule has 0 N–H and O–H groups in total. The van der Waals surface area contributed by atoms with Gasteiger partial charge in [-0.1, -0.05) is 6.07 Å². The van der Waals surface area contributed by atoms with Crippen LogP contribution in [0, 0.1) is 5.82 Å². The van der Waals surface area contributed by atoms with Crippen molar-refractivity contribution in [2.45, 2.75) is 19.4 Å². The van der Waals surface area contributed by atoms with Crippen LogP contribution in [0.4, 0.5) is 4.39 Å². The van der Waals surface area contributed by atoms with Crippen LogP contribution in [0.25, 0.3) is 11.0 Å². The molecule has 2 aromatic rings. The summed E-state index contributed by atoms with van der Waals surface area (Å²) in [5, 5.41) is 0. The molecule has 0 fully saturated rings. The van der Waals surface area contributed by atoms with Gasteiger partial charge in [-0.2, -0.15) is 0 Å². The number of alkyl halides is 1. The fourth-order valence-electron chi connectivity index (χ4n) is 2.25. The normalized spacial score (nSPS) is 11.4. The van der Waals surface area contributed by atoms with E-state index in [9.17, 15) is 4.39 Å². The Bertz CT molecular complexity index is 574. The van der Waals surface area contributed by atoms with Gasteiger partial charge < -0.3 is 14.0 Å². The highest BCUT2D eigenvalue weighted by atomic mass is 35.5. The Hall–Kier alpha value is -1.17. The standard InChI is InChI=1S/C15H20ClFN2O2/c1-20-10-11-21-9-3-8-19-13-5-2-4-12(17)15(13)18-14(19)6-7-16/h2,4-5H,3,6-11H2,1H3. The Morgan fingerprint density at radius 2 is 2.14 bits per heavy atom. The number of methoxy groups -OCH3 is 1. The maximum absolute atomic E-state index is 13.8. The lowest BCUT2D eigenvalue weighted by molar-refractivity contribution is 0.0680. The van der Waals surface area contributed by atoms with E-state index in [1.807, 2.05) is 10.6 Å². The number of hydrogen-bond donors (Lipinski definition) is 0. The van der Waals surface area contributed by atoms with E-state index in [1.165, 1.54) is 6.07 Å². The number of benzene rings is 1. The van der Waals surface area contributed by atoms with Crippen molar-refractivity contribution in [3.05, 3.63) is 29.8 Å². The van der Waals surface area contributed by atoms with Crippen molar-refractivity contribution in [3.8, 4) is 0 Å². The van der Waals surface area contributed by atoms with Crippen LogP contribution in [0.5, 0.6) is 0 Å². The van der Waals surface area contributed by atoms with Gasteiger partial charge in [-0.15, -0.1) is 11.6 Å². The SMILES string of the molecule is COCCOCCCn1c(CCCl)nc2c(F)cccc21. The van der Waals surface area contributed by atoms with Crippen molar-refractivity contribution in [2.24, 2.45) is 0 Å². The van der Waals surface area contributed by atoms with E-state index in [0.717, 1.165) is 24.3 Å². The van der Waals surface area contributed by atoms with E-state index in [2.05, 4.69) is 4.98 Å². The summed E-state index contributed by atoms with van der Waals surface area (Å²) in [4.78, 5) is 4.37. The van der Waals surface area contributed by atoms with Crippen LogP contribution in [-0.2, 0) is 22.4 Å². The smallest absolute Gasteiger partial charge is 0.151 e. The van der Waals surface area contributed by atoms with Gasteiger partial charge in [0.15, 0.2) is 5.82 Å². The summed E-state index contributed by atoms with van der Waals surface area (Å²) >= 11 is 5.81. The number of aryl methyl sites for hydroxylation is 2. The molecule has 21 heavy (non-hydrogen) atoms. The lowest BCUT2D eigenvalue weighted by Crippen LogP contribution is -2.09. The lowest BCUT2D eigenvalue weighted by atomic mass is 10.3. The van der Waals surface area contributed by atoms with Crippen LogP contribution >= 0.6 is 11.6 Å². The zero-order valence-corrected chi connectivity index (χ0v) is 12.9. The van der Waals surface area contributed by atoms with Crippen molar-refractivity contribution in [1.29, 1.82) is 0 Å². The molecule has 0 saturated carbocycles. The molecule has 0 aliphatic carbocycles. The van der Waals surface area contributed by atoms with Gasteiger partial charge in [-0.25, -0.2) is 9.37 Å². The monoisotopic (exact) mass is 314 g/mol. The number of ether oxygens (including phenoxy) is 2. The van der Waals surface area contributed by atoms with Gasteiger partial charge in [0.2, 0.25) is 0 Å². The molecular weight excluding hydrogens is 295 g/mol. The Kier molecular flexibility index (Phi) is 6.42. The average molecular weight is 315 g/mol. The van der Waals surface area contributed by atoms with E-state index in [0.29, 0.717) is 37.6 Å². The number of halogens is 2. The lowest BCUT2D eigenvalue weighted by Gasteiger charge is -2.09. The highest BCUT2D eigenvalue weighted by Crippen LogP contribution is 2.20. The van der Waals surface area contributed by atoms with Crippen LogP contribution in [0.3, 0.4) is 0 Å². The third-order valence-electron chi connectivity index (χ3n) is 3.23. The van der Waals surface area contributed by atoms with Gasteiger partial charge in [0.25, 0.3) is 0 Å². The minimum absolute atomic E-state index is 0.293. The van der Waals surface area contributed by atoms with Crippen LogP contribution in [0.2, 0.25) is 0 Å². The van der Waals surface area contributed by atoms with Gasteiger partial charge >= 0.3 is 0 Å². The summed E-state index contributed by atoms with van der Waals surface area (Å²) in [5.41, 5.74) is 1.23. The first-order valence-corrected chi connectivity index (χ1v) is 7.57. The molecule has 6 heteroatoms. The molecule has 0 unspecified atom stereocenters. The second-order valence-electron chi connectivity index (χ2n) is 4.68. The second-order valence-corrected chi connectivity index (χ2v) is 5.06. The van der Waals surface area contributed by atoms with Gasteiger partial charge in [0.05, 0.1) is 18.7 Å². The van der Waals surface area contributed by atoms with Gasteiger partial charge in [0, 0.05) is 32.6 Å². The minimum Gasteiger partial charge on any atom is -0.382 e. The number of aromatic nitrogens is 2. The highest BCUT2D eigenvalue weighted by molar-refractivity contribution is 6.17. The first kappa shape index (κ1) is 16.2. The number of para-hydroxylation sites is 1. The highest BCUT2D eigenvalue weighted by Gasteiger charge is 2.12. The summed E-state index contributed by atoms with van der Waals surface area (Å²) < 4.78 is 26.2. The predicted octanol–water partition coefficient (Wildman–Crippen LogP) is 3.01. The summed E-state index contributed by atoms with van der Waals surface area (Å²) in [6, 6.07) is 5.02. The number of nitrogens with zero attached hydrogens (tertiary/aromatic N) is 2. The number of hydrogen-bond acceptors (Lipinski definition) is 3. The van der Waals surface area contributed by atoms with Crippen LogP contribution in [0.15, 0.2) is 18.2 Å². The predicted molar refractivity (Wildman–Crippen MR) is 81.4 cm³/mol. The fourth-order valence-corrected chi connectivity index (χ4v) is 2.42. The molecule has 0 aliphatic rings. The van der Waals surface area contributed by atoms with E-state index in [1.54, 1.807) is 13.2 Å². The summed E-state index contributed by atoms with van der Waals surface area (Å²) in [6.45, 7) is 2.55. The Labute approximate surface area is 128 Å². The van der Waals surface area contributed by atoms with Crippen molar-refractivity contribution in [2.75, 3.05) is 32.8 Å². The molecule has 0 aliphatic heterocycles. The molecule has 4 nitrogen and oxygen atoms in total. The number of imidazole rings is 1. The molecule has 0 amide bonds. The van der Waals surface area contributed by atoms with E-state index >= 15 is 0 Å². The number of fused-ring (bicyclic) bond motifs is 1. The quantitative estimate of drug-likeness (QED) is 0.527. The molecule has 1 aromatic carbocycles. The zero-order valence-electron chi connectivity index (χ0n) is 12.1. The zero-order chi connectivity index (χ0) is 15.1. The van der Waals surface area contributed by atoms with E-state index in [-0.39, 0.29) is 5.82 Å². The van der Waals surface area contributed by atoms with Crippen LogP contribution < -0.4 is 0 Å². The van der Waals surface area contributed by atoms with Crippen molar-refractivity contribution < 1.29 is 13.9 Å². The van der Waals surface area contributed by atoms with E-state index < -0.39 is 0 Å². The fraction of sp³-hybridized carbons (Fsp3) is 0.533. The maximum Gasteiger partial charge on any atom is 0.151 e. The summed E-state index contributed by atoms with van der Waals surface area (Å²) in [6.07, 6.45) is 1.46. The van der Waals surface area contributed by atoms with Crippen molar-refractivity contribution in [1.82, 2.24) is 9.55 Å². The van der Waals surface area contributed by atoms with E-state index in [4.69, 9.17) is 21.1 Å². The largest absolute Gasteiger partial charge is 0.382 e. The molecule has 0 bridgehead atoms. The summed E-state index contributed by atoms with van der Waals surface area (Å²) in [5.74, 6) is 0.996. The third kappa shape index (κ3) is 4.15. The van der Waals surface area contributed by atoms with Crippen LogP contribution in [0.1, 0.15) is 12.2 Å². The molecular formula is C15H20ClFN2O2. The minimum atomic E-state index is -0.293. The van der Waals surface area contributed by atoms with Crippen molar-refractivity contribution in [3.63, 3.8) is 0 Å². The summed E-state index contributed by atoms with van der Waals surface area (Å²) in [7, 11) is 1.65. The second kappa shape index (κ2) is 8.32. The topological polar surface area (TPSA) is 36.3 Å². The maximum atomic E-state index is 13.8. The molecule has 0 saturated heterocycles. The third-order valence-corrected chi connectivity index (χ3v) is 3.42.